The van der Waals surface area contributed by atoms with Crippen LogP contribution in [-0.2, 0) is 15.8 Å². The maximum Gasteiger partial charge on any atom is 0.416 e. The van der Waals surface area contributed by atoms with Gasteiger partial charge in [0.25, 0.3) is 0 Å². The highest BCUT2D eigenvalue weighted by Gasteiger charge is 2.32. The molecule has 0 saturated carbocycles. The second kappa shape index (κ2) is 10.3. The third-order valence-electron chi connectivity index (χ3n) is 5.01. The number of piperidine rings is 1. The lowest BCUT2D eigenvalue weighted by Gasteiger charge is -2.31. The van der Waals surface area contributed by atoms with Gasteiger partial charge in [-0.15, -0.1) is 11.8 Å². The fourth-order valence-corrected chi connectivity index (χ4v) is 4.02. The van der Waals surface area contributed by atoms with Crippen LogP contribution in [-0.4, -0.2) is 41.1 Å². The Kier molecular flexibility index (Phi) is 7.70. The zero-order chi connectivity index (χ0) is 23.3. The number of nitrogens with zero attached hydrogens (tertiary/aromatic N) is 2. The molecule has 32 heavy (non-hydrogen) atoms. The van der Waals surface area contributed by atoms with Crippen molar-refractivity contribution in [3.05, 3.63) is 35.6 Å². The standard InChI is InChI=1S/C21H25F3N4O3S/c1-13-10-18(27-31-13)26-20(30)14(2)32-12-19(29)25-16-11-15(21(22,23)24)6-7-17(16)28-8-4-3-5-9-28/h6-7,10-11,14H,3-5,8-9,12H2,1-2H3,(H,25,29)(H,26,27,30)/t14-/m0/s1. The van der Waals surface area contributed by atoms with Crippen molar-refractivity contribution in [2.24, 2.45) is 0 Å². The number of halogens is 3. The molecule has 11 heteroatoms. The zero-order valence-corrected chi connectivity index (χ0v) is 18.6. The molecule has 1 atom stereocenters. The smallest absolute Gasteiger partial charge is 0.370 e. The minimum atomic E-state index is -4.51. The van der Waals surface area contributed by atoms with Crippen molar-refractivity contribution in [1.29, 1.82) is 0 Å². The van der Waals surface area contributed by atoms with E-state index in [0.717, 1.165) is 56.2 Å². The van der Waals surface area contributed by atoms with Crippen molar-refractivity contribution in [3.8, 4) is 0 Å². The third kappa shape index (κ3) is 6.41. The Morgan fingerprint density at radius 3 is 2.53 bits per heavy atom. The predicted octanol–water partition coefficient (Wildman–Crippen LogP) is 4.69. The lowest BCUT2D eigenvalue weighted by Crippen LogP contribution is -2.31. The van der Waals surface area contributed by atoms with E-state index in [1.54, 1.807) is 19.9 Å². The summed E-state index contributed by atoms with van der Waals surface area (Å²) in [5.41, 5.74) is -0.123. The number of aryl methyl sites for hydroxylation is 1. The van der Waals surface area contributed by atoms with Gasteiger partial charge in [-0.1, -0.05) is 5.16 Å². The molecule has 0 radical (unpaired) electrons. The van der Waals surface area contributed by atoms with Crippen LogP contribution in [0.5, 0.6) is 0 Å². The molecule has 0 aliphatic carbocycles. The summed E-state index contributed by atoms with van der Waals surface area (Å²) in [6, 6.07) is 4.98. The first-order valence-electron chi connectivity index (χ1n) is 10.3. The number of amides is 2. The highest BCUT2D eigenvalue weighted by atomic mass is 32.2. The number of rotatable bonds is 7. The maximum absolute atomic E-state index is 13.2. The minimum absolute atomic E-state index is 0.0951. The lowest BCUT2D eigenvalue weighted by atomic mass is 10.1. The van der Waals surface area contributed by atoms with Gasteiger partial charge in [0.2, 0.25) is 11.8 Å². The highest BCUT2D eigenvalue weighted by Crippen LogP contribution is 2.36. The molecule has 0 unspecified atom stereocenters. The molecule has 1 aliphatic rings. The van der Waals surface area contributed by atoms with E-state index in [0.29, 0.717) is 11.4 Å². The molecule has 2 N–H and O–H groups in total. The largest absolute Gasteiger partial charge is 0.416 e. The molecule has 0 spiro atoms. The molecule has 0 bridgehead atoms. The Morgan fingerprint density at radius 1 is 1.19 bits per heavy atom. The molecule has 1 fully saturated rings. The fraction of sp³-hybridized carbons (Fsp3) is 0.476. The van der Waals surface area contributed by atoms with Gasteiger partial charge >= 0.3 is 6.18 Å². The van der Waals surface area contributed by atoms with E-state index in [1.165, 1.54) is 6.07 Å². The molecule has 2 heterocycles. The predicted molar refractivity (Wildman–Crippen MR) is 118 cm³/mol. The number of hydrogen-bond acceptors (Lipinski definition) is 6. The molecule has 1 saturated heterocycles. The van der Waals surface area contributed by atoms with Crippen LogP contribution in [0.15, 0.2) is 28.8 Å². The van der Waals surface area contributed by atoms with Gasteiger partial charge in [0, 0.05) is 19.2 Å². The number of carbonyl (C=O) groups is 2. The molecule has 3 rings (SSSR count). The lowest BCUT2D eigenvalue weighted by molar-refractivity contribution is -0.137. The van der Waals surface area contributed by atoms with Crippen LogP contribution in [0.1, 0.15) is 37.5 Å². The van der Waals surface area contributed by atoms with Crippen LogP contribution < -0.4 is 15.5 Å². The molecule has 1 aromatic heterocycles. The van der Waals surface area contributed by atoms with Crippen LogP contribution in [0.3, 0.4) is 0 Å². The molecule has 1 aromatic carbocycles. The SMILES string of the molecule is Cc1cc(NC(=O)[C@H](C)SCC(=O)Nc2cc(C(F)(F)F)ccc2N2CCCCC2)no1. The van der Waals surface area contributed by atoms with Gasteiger partial charge in [-0.25, -0.2) is 0 Å². The average Bonchev–Trinajstić information content (AvgIpc) is 3.16. The Balaban J connectivity index is 1.64. The van der Waals surface area contributed by atoms with Crippen LogP contribution in [0, 0.1) is 6.92 Å². The second-order valence-electron chi connectivity index (χ2n) is 7.59. The molecule has 7 nitrogen and oxygen atoms in total. The van der Waals surface area contributed by atoms with Gasteiger partial charge in [-0.05, 0) is 51.3 Å². The van der Waals surface area contributed by atoms with E-state index in [4.69, 9.17) is 4.52 Å². The average molecular weight is 471 g/mol. The Bertz CT molecular complexity index is 958. The van der Waals surface area contributed by atoms with Gasteiger partial charge in [0.05, 0.1) is 27.9 Å². The summed E-state index contributed by atoms with van der Waals surface area (Å²) < 4.78 is 44.5. The molecule has 174 valence electrons. The van der Waals surface area contributed by atoms with E-state index >= 15 is 0 Å². The Morgan fingerprint density at radius 2 is 1.91 bits per heavy atom. The maximum atomic E-state index is 13.2. The minimum Gasteiger partial charge on any atom is -0.370 e. The first kappa shape index (κ1) is 24.0. The number of thioether (sulfide) groups is 1. The first-order valence-corrected chi connectivity index (χ1v) is 11.3. The summed E-state index contributed by atoms with van der Waals surface area (Å²) in [5.74, 6) is -0.110. The summed E-state index contributed by atoms with van der Waals surface area (Å²) in [4.78, 5) is 26.7. The van der Waals surface area contributed by atoms with Crippen molar-refractivity contribution in [1.82, 2.24) is 5.16 Å². The van der Waals surface area contributed by atoms with E-state index in [2.05, 4.69) is 15.8 Å². The molecule has 2 aromatic rings. The first-order chi connectivity index (χ1) is 15.1. The Hall–Kier alpha value is -2.69. The van der Waals surface area contributed by atoms with Crippen molar-refractivity contribution in [3.63, 3.8) is 0 Å². The number of carbonyl (C=O) groups excluding carboxylic acids is 2. The monoisotopic (exact) mass is 470 g/mol. The van der Waals surface area contributed by atoms with Crippen LogP contribution in [0.2, 0.25) is 0 Å². The van der Waals surface area contributed by atoms with Crippen LogP contribution in [0.4, 0.5) is 30.4 Å². The Labute approximate surface area is 188 Å². The number of alkyl halides is 3. The second-order valence-corrected chi connectivity index (χ2v) is 8.92. The van der Waals surface area contributed by atoms with Gasteiger partial charge in [-0.2, -0.15) is 13.2 Å². The number of aromatic nitrogens is 1. The number of hydrogen-bond donors (Lipinski definition) is 2. The summed E-state index contributed by atoms with van der Waals surface area (Å²) in [7, 11) is 0. The number of nitrogens with one attached hydrogen (secondary N) is 2. The molecule has 2 amide bonds. The van der Waals surface area contributed by atoms with Crippen molar-refractivity contribution in [2.45, 2.75) is 44.5 Å². The van der Waals surface area contributed by atoms with Crippen molar-refractivity contribution >= 4 is 40.8 Å². The van der Waals surface area contributed by atoms with E-state index < -0.39 is 22.9 Å². The van der Waals surface area contributed by atoms with Gasteiger partial charge in [0.1, 0.15) is 5.76 Å². The normalized spacial score (nSPS) is 15.3. The number of anilines is 3. The summed E-state index contributed by atoms with van der Waals surface area (Å²) >= 11 is 1.07. The van der Waals surface area contributed by atoms with Crippen LogP contribution >= 0.6 is 11.8 Å². The molecular formula is C21H25F3N4O3S. The topological polar surface area (TPSA) is 87.5 Å². The summed E-state index contributed by atoms with van der Waals surface area (Å²) in [5, 5.41) is 8.29. The third-order valence-corrected chi connectivity index (χ3v) is 6.15. The van der Waals surface area contributed by atoms with Gasteiger partial charge in [-0.3, -0.25) is 9.59 Å². The van der Waals surface area contributed by atoms with Crippen molar-refractivity contribution < 1.29 is 27.3 Å². The number of benzene rings is 1. The highest BCUT2D eigenvalue weighted by molar-refractivity contribution is 8.01. The fourth-order valence-electron chi connectivity index (χ4n) is 3.34. The van der Waals surface area contributed by atoms with Crippen molar-refractivity contribution in [2.75, 3.05) is 34.4 Å². The quantitative estimate of drug-likeness (QED) is 0.611. The summed E-state index contributed by atoms with van der Waals surface area (Å²) in [6.07, 6.45) is -1.55. The van der Waals surface area contributed by atoms with E-state index in [1.807, 2.05) is 4.90 Å². The van der Waals surface area contributed by atoms with E-state index in [-0.39, 0.29) is 23.2 Å². The molecule has 1 aliphatic heterocycles. The van der Waals surface area contributed by atoms with Crippen LogP contribution in [0.25, 0.3) is 0 Å². The zero-order valence-electron chi connectivity index (χ0n) is 17.8. The summed E-state index contributed by atoms with van der Waals surface area (Å²) in [6.45, 7) is 4.77. The van der Waals surface area contributed by atoms with Gasteiger partial charge < -0.3 is 20.1 Å². The van der Waals surface area contributed by atoms with E-state index in [9.17, 15) is 22.8 Å². The molecular weight excluding hydrogens is 445 g/mol. The van der Waals surface area contributed by atoms with Gasteiger partial charge in [0.15, 0.2) is 5.82 Å².